The van der Waals surface area contributed by atoms with Gasteiger partial charge in [-0.15, -0.1) is 0 Å². The Bertz CT molecular complexity index is 590. The zero-order chi connectivity index (χ0) is 16.2. The molecule has 4 rings (SSSR count). The van der Waals surface area contributed by atoms with Crippen molar-refractivity contribution in [3.8, 4) is 0 Å². The Labute approximate surface area is 137 Å². The highest BCUT2D eigenvalue weighted by Gasteiger charge is 2.60. The maximum Gasteiger partial charge on any atom is 0.155 e. The minimum absolute atomic E-state index is 0.000141. The Morgan fingerprint density at radius 3 is 2.74 bits per heavy atom. The van der Waals surface area contributed by atoms with Crippen molar-refractivity contribution >= 4 is 17.9 Å². The molecular formula is C20H26O3. The van der Waals surface area contributed by atoms with E-state index in [0.29, 0.717) is 42.3 Å². The molecular weight excluding hydrogens is 288 g/mol. The number of hydrogen-bond acceptors (Lipinski definition) is 3. The van der Waals surface area contributed by atoms with Gasteiger partial charge in [-0.25, -0.2) is 0 Å². The monoisotopic (exact) mass is 314 g/mol. The van der Waals surface area contributed by atoms with Crippen molar-refractivity contribution in [2.75, 3.05) is 0 Å². The van der Waals surface area contributed by atoms with E-state index in [1.54, 1.807) is 0 Å². The van der Waals surface area contributed by atoms with Crippen LogP contribution in [0.2, 0.25) is 0 Å². The van der Waals surface area contributed by atoms with Crippen molar-refractivity contribution in [1.82, 2.24) is 0 Å². The van der Waals surface area contributed by atoms with Gasteiger partial charge in [0.2, 0.25) is 0 Å². The SMILES string of the molecule is CC[C@]12C[C@H](C=O)[C@H]3[C@@H](CCC4=CC(=O)CC[C@@H]43)[C@@H]1CCC2=O. The van der Waals surface area contributed by atoms with E-state index in [-0.39, 0.29) is 17.1 Å². The minimum atomic E-state index is -0.224. The molecule has 0 aromatic rings. The Morgan fingerprint density at radius 1 is 1.17 bits per heavy atom. The average molecular weight is 314 g/mol. The van der Waals surface area contributed by atoms with Crippen molar-refractivity contribution in [2.45, 2.75) is 58.3 Å². The number of fused-ring (bicyclic) bond motifs is 5. The van der Waals surface area contributed by atoms with Gasteiger partial charge in [0.25, 0.3) is 0 Å². The molecule has 0 aromatic heterocycles. The van der Waals surface area contributed by atoms with Gasteiger partial charge < -0.3 is 4.79 Å². The van der Waals surface area contributed by atoms with Crippen molar-refractivity contribution in [3.63, 3.8) is 0 Å². The highest BCUT2D eigenvalue weighted by molar-refractivity contribution is 5.91. The number of Topliss-reactive ketones (excluding diaryl/α,β-unsaturated/α-hetero) is 1. The molecule has 0 unspecified atom stereocenters. The number of aldehydes is 1. The van der Waals surface area contributed by atoms with Gasteiger partial charge in [-0.1, -0.05) is 12.5 Å². The number of rotatable bonds is 2. The van der Waals surface area contributed by atoms with Crippen LogP contribution >= 0.6 is 0 Å². The molecule has 0 aromatic carbocycles. The molecule has 0 heterocycles. The lowest BCUT2D eigenvalue weighted by Crippen LogP contribution is -2.52. The van der Waals surface area contributed by atoms with Crippen LogP contribution in [-0.4, -0.2) is 17.9 Å². The van der Waals surface area contributed by atoms with E-state index in [1.165, 1.54) is 5.57 Å². The Kier molecular flexibility index (Phi) is 3.58. The van der Waals surface area contributed by atoms with Crippen LogP contribution in [0.1, 0.15) is 58.3 Å². The molecule has 3 saturated carbocycles. The summed E-state index contributed by atoms with van der Waals surface area (Å²) in [7, 11) is 0. The van der Waals surface area contributed by atoms with Gasteiger partial charge in [0.1, 0.15) is 12.1 Å². The van der Waals surface area contributed by atoms with E-state index in [1.807, 2.05) is 6.08 Å². The zero-order valence-corrected chi connectivity index (χ0v) is 13.9. The van der Waals surface area contributed by atoms with E-state index in [0.717, 1.165) is 44.8 Å². The third-order valence-corrected chi connectivity index (χ3v) is 7.61. The largest absolute Gasteiger partial charge is 0.303 e. The van der Waals surface area contributed by atoms with Crippen molar-refractivity contribution in [3.05, 3.63) is 11.6 Å². The molecule has 0 saturated heterocycles. The van der Waals surface area contributed by atoms with Gasteiger partial charge in [0, 0.05) is 24.2 Å². The summed E-state index contributed by atoms with van der Waals surface area (Å²) >= 11 is 0. The van der Waals surface area contributed by atoms with Gasteiger partial charge in [-0.05, 0) is 68.3 Å². The lowest BCUT2D eigenvalue weighted by molar-refractivity contribution is -0.139. The molecule has 0 aliphatic heterocycles. The molecule has 0 radical (unpaired) electrons. The molecule has 4 aliphatic carbocycles. The summed E-state index contributed by atoms with van der Waals surface area (Å²) in [5.74, 6) is 2.42. The fraction of sp³-hybridized carbons (Fsp3) is 0.750. The normalized spacial score (nSPS) is 45.8. The molecule has 6 atom stereocenters. The van der Waals surface area contributed by atoms with Crippen molar-refractivity contribution < 1.29 is 14.4 Å². The summed E-state index contributed by atoms with van der Waals surface area (Å²) in [5, 5.41) is 0. The van der Waals surface area contributed by atoms with Crippen LogP contribution in [0.15, 0.2) is 11.6 Å². The van der Waals surface area contributed by atoms with Gasteiger partial charge in [0.15, 0.2) is 5.78 Å². The first kappa shape index (κ1) is 15.3. The predicted molar refractivity (Wildman–Crippen MR) is 86.7 cm³/mol. The quantitative estimate of drug-likeness (QED) is 0.733. The number of carbonyl (C=O) groups is 3. The maximum absolute atomic E-state index is 12.7. The number of hydrogen-bond donors (Lipinski definition) is 0. The Balaban J connectivity index is 1.74. The van der Waals surface area contributed by atoms with E-state index < -0.39 is 0 Å². The second-order valence-corrected chi connectivity index (χ2v) is 8.19. The van der Waals surface area contributed by atoms with Gasteiger partial charge in [-0.3, -0.25) is 9.59 Å². The standard InChI is InChI=1S/C20H26O3/c1-2-20-10-13(11-21)19-15-6-4-14(22)9-12(15)3-5-16(19)17(20)7-8-18(20)23/h9,11,13,15-17,19H,2-8,10H2,1H3/t13-,15+,16+,17+,19-,20+/m1/s1. The lowest BCUT2D eigenvalue weighted by Gasteiger charge is -2.55. The van der Waals surface area contributed by atoms with Gasteiger partial charge >= 0.3 is 0 Å². The summed E-state index contributed by atoms with van der Waals surface area (Å²) in [6, 6.07) is 0. The third-order valence-electron chi connectivity index (χ3n) is 7.61. The van der Waals surface area contributed by atoms with Gasteiger partial charge in [0.05, 0.1) is 0 Å². The molecule has 0 bridgehead atoms. The van der Waals surface area contributed by atoms with Crippen LogP contribution in [0.5, 0.6) is 0 Å². The molecule has 4 aliphatic rings. The molecule has 3 nitrogen and oxygen atoms in total. The number of carbonyl (C=O) groups excluding carboxylic acids is 3. The van der Waals surface area contributed by atoms with Gasteiger partial charge in [-0.2, -0.15) is 0 Å². The first-order chi connectivity index (χ1) is 11.1. The summed E-state index contributed by atoms with van der Waals surface area (Å²) in [4.78, 5) is 36.3. The van der Waals surface area contributed by atoms with Crippen LogP contribution in [-0.2, 0) is 14.4 Å². The second kappa shape index (κ2) is 5.39. The summed E-state index contributed by atoms with van der Waals surface area (Å²) in [6.45, 7) is 2.13. The molecule has 0 amide bonds. The fourth-order valence-corrected chi connectivity index (χ4v) is 6.68. The highest BCUT2D eigenvalue weighted by atomic mass is 16.1. The highest BCUT2D eigenvalue weighted by Crippen LogP contribution is 2.63. The Morgan fingerprint density at radius 2 is 2.00 bits per heavy atom. The number of allylic oxidation sites excluding steroid dienone is 1. The van der Waals surface area contributed by atoms with E-state index >= 15 is 0 Å². The molecule has 124 valence electrons. The first-order valence-electron chi connectivity index (χ1n) is 9.32. The van der Waals surface area contributed by atoms with Crippen LogP contribution in [0.3, 0.4) is 0 Å². The smallest absolute Gasteiger partial charge is 0.155 e. The summed E-state index contributed by atoms with van der Waals surface area (Å²) < 4.78 is 0. The molecule has 3 fully saturated rings. The molecule has 23 heavy (non-hydrogen) atoms. The minimum Gasteiger partial charge on any atom is -0.303 e. The third kappa shape index (κ3) is 2.04. The topological polar surface area (TPSA) is 51.2 Å². The zero-order valence-electron chi connectivity index (χ0n) is 13.9. The van der Waals surface area contributed by atoms with E-state index in [2.05, 4.69) is 6.92 Å². The number of ketones is 2. The maximum atomic E-state index is 12.7. The molecule has 0 spiro atoms. The van der Waals surface area contributed by atoms with Crippen LogP contribution in [0.25, 0.3) is 0 Å². The molecule has 0 N–H and O–H groups in total. The predicted octanol–water partition coefficient (Wildman–Crippen LogP) is 3.51. The first-order valence-corrected chi connectivity index (χ1v) is 9.32. The van der Waals surface area contributed by atoms with Crippen LogP contribution in [0.4, 0.5) is 0 Å². The fourth-order valence-electron chi connectivity index (χ4n) is 6.68. The van der Waals surface area contributed by atoms with E-state index in [9.17, 15) is 14.4 Å². The van der Waals surface area contributed by atoms with Crippen molar-refractivity contribution in [1.29, 1.82) is 0 Å². The average Bonchev–Trinajstić information content (AvgIpc) is 2.90. The summed E-state index contributed by atoms with van der Waals surface area (Å²) in [6.07, 6.45) is 9.97. The Hall–Kier alpha value is -1.25. The molecule has 3 heteroatoms. The lowest BCUT2D eigenvalue weighted by atomic mass is 9.48. The summed E-state index contributed by atoms with van der Waals surface area (Å²) in [5.41, 5.74) is 1.07. The van der Waals surface area contributed by atoms with Crippen molar-refractivity contribution in [2.24, 2.45) is 35.0 Å². The van der Waals surface area contributed by atoms with E-state index in [4.69, 9.17) is 0 Å². The van der Waals surface area contributed by atoms with Crippen LogP contribution < -0.4 is 0 Å². The van der Waals surface area contributed by atoms with Crippen LogP contribution in [0, 0.1) is 35.0 Å². The second-order valence-electron chi connectivity index (χ2n) is 8.19.